The summed E-state index contributed by atoms with van der Waals surface area (Å²) in [6.45, 7) is 11.7. The maximum Gasteiger partial charge on any atom is 0.138 e. The van der Waals surface area contributed by atoms with Crippen molar-refractivity contribution in [2.45, 2.75) is 73.1 Å². The van der Waals surface area contributed by atoms with Gasteiger partial charge in [-0.05, 0) is 54.8 Å². The van der Waals surface area contributed by atoms with Gasteiger partial charge in [0.2, 0.25) is 0 Å². The fraction of sp³-hybridized carbons (Fsp3) is 0.842. The van der Waals surface area contributed by atoms with Gasteiger partial charge in [-0.2, -0.15) is 0 Å². The highest BCUT2D eigenvalue weighted by molar-refractivity contribution is 5.85. The second-order valence-corrected chi connectivity index (χ2v) is 9.15. The number of Topliss-reactive ketones (excluding diaryl/α,β-unsaturated/α-hetero) is 1. The highest BCUT2D eigenvalue weighted by Gasteiger charge is 2.56. The first-order valence-electron chi connectivity index (χ1n) is 8.39. The zero-order chi connectivity index (χ0) is 14.8. The molecule has 20 heavy (non-hydrogen) atoms. The fourth-order valence-corrected chi connectivity index (χ4v) is 5.60. The van der Waals surface area contributed by atoms with Crippen LogP contribution in [0, 0.1) is 28.1 Å². The number of rotatable bonds is 0. The molecule has 0 saturated heterocycles. The van der Waals surface area contributed by atoms with E-state index < -0.39 is 0 Å². The molecule has 0 aliphatic heterocycles. The first-order valence-corrected chi connectivity index (χ1v) is 8.39. The molecular formula is C19H30O. The molecule has 0 heterocycles. The van der Waals surface area contributed by atoms with Gasteiger partial charge in [0.05, 0.1) is 0 Å². The van der Waals surface area contributed by atoms with E-state index in [0.717, 1.165) is 25.2 Å². The van der Waals surface area contributed by atoms with Crippen molar-refractivity contribution < 1.29 is 4.79 Å². The van der Waals surface area contributed by atoms with E-state index in [-0.39, 0.29) is 5.41 Å². The normalized spacial score (nSPS) is 42.5. The number of ketones is 1. The van der Waals surface area contributed by atoms with E-state index in [4.69, 9.17) is 0 Å². The van der Waals surface area contributed by atoms with Crippen molar-refractivity contribution in [3.05, 3.63) is 11.6 Å². The first-order chi connectivity index (χ1) is 9.17. The molecule has 0 aromatic rings. The molecule has 3 aliphatic rings. The number of hydrogen-bond acceptors (Lipinski definition) is 1. The van der Waals surface area contributed by atoms with Gasteiger partial charge in [0.25, 0.3) is 0 Å². The van der Waals surface area contributed by atoms with E-state index in [1.54, 1.807) is 5.57 Å². The fourth-order valence-electron chi connectivity index (χ4n) is 5.60. The number of hydrogen-bond donors (Lipinski definition) is 0. The van der Waals surface area contributed by atoms with Crippen molar-refractivity contribution in [3.8, 4) is 0 Å². The summed E-state index contributed by atoms with van der Waals surface area (Å²) in [6, 6.07) is 0. The van der Waals surface area contributed by atoms with Crippen LogP contribution in [0.3, 0.4) is 0 Å². The predicted molar refractivity (Wildman–Crippen MR) is 83.4 cm³/mol. The maximum absolute atomic E-state index is 12.4. The van der Waals surface area contributed by atoms with Gasteiger partial charge in [-0.25, -0.2) is 0 Å². The third-order valence-corrected chi connectivity index (χ3v) is 6.93. The molecule has 1 unspecified atom stereocenters. The Balaban J connectivity index is 1.98. The number of carbonyl (C=O) groups is 1. The molecule has 112 valence electrons. The molecule has 1 nitrogen and oxygen atoms in total. The van der Waals surface area contributed by atoms with E-state index in [2.05, 4.69) is 40.7 Å². The molecule has 0 spiro atoms. The lowest BCUT2D eigenvalue weighted by molar-refractivity contribution is -0.143. The second kappa shape index (κ2) is 4.21. The van der Waals surface area contributed by atoms with Gasteiger partial charge in [0, 0.05) is 11.8 Å². The van der Waals surface area contributed by atoms with Gasteiger partial charge in [-0.1, -0.05) is 46.3 Å². The van der Waals surface area contributed by atoms with Crippen molar-refractivity contribution >= 4 is 5.78 Å². The predicted octanol–water partition coefficient (Wildman–Crippen LogP) is 5.15. The summed E-state index contributed by atoms with van der Waals surface area (Å²) < 4.78 is 0. The van der Waals surface area contributed by atoms with Crippen molar-refractivity contribution in [1.82, 2.24) is 0 Å². The highest BCUT2D eigenvalue weighted by atomic mass is 16.1. The molecule has 2 fully saturated rings. The molecule has 0 amide bonds. The third kappa shape index (κ3) is 1.92. The van der Waals surface area contributed by atoms with E-state index in [1.165, 1.54) is 19.3 Å². The van der Waals surface area contributed by atoms with Crippen LogP contribution in [0.2, 0.25) is 0 Å². The van der Waals surface area contributed by atoms with Gasteiger partial charge in [0.1, 0.15) is 5.78 Å². The van der Waals surface area contributed by atoms with Gasteiger partial charge in [-0.15, -0.1) is 0 Å². The quantitative estimate of drug-likeness (QED) is 0.558. The van der Waals surface area contributed by atoms with E-state index in [9.17, 15) is 4.79 Å². The summed E-state index contributed by atoms with van der Waals surface area (Å²) in [7, 11) is 0. The lowest BCUT2D eigenvalue weighted by Gasteiger charge is -2.58. The minimum atomic E-state index is -0.123. The van der Waals surface area contributed by atoms with Crippen LogP contribution >= 0.6 is 0 Å². The Morgan fingerprint density at radius 1 is 1.10 bits per heavy atom. The van der Waals surface area contributed by atoms with Gasteiger partial charge < -0.3 is 0 Å². The molecule has 1 heteroatoms. The van der Waals surface area contributed by atoms with Crippen molar-refractivity contribution in [3.63, 3.8) is 0 Å². The molecule has 3 aliphatic carbocycles. The molecule has 0 aromatic carbocycles. The molecular weight excluding hydrogens is 244 g/mol. The Bertz CT molecular complexity index is 468. The molecule has 0 bridgehead atoms. The Hall–Kier alpha value is -0.590. The minimum absolute atomic E-state index is 0.123. The summed E-state index contributed by atoms with van der Waals surface area (Å²) in [5.41, 5.74) is 2.43. The number of fused-ring (bicyclic) bond motifs is 3. The van der Waals surface area contributed by atoms with Crippen LogP contribution < -0.4 is 0 Å². The van der Waals surface area contributed by atoms with Crippen molar-refractivity contribution in [1.29, 1.82) is 0 Å². The average molecular weight is 274 g/mol. The van der Waals surface area contributed by atoms with Gasteiger partial charge >= 0.3 is 0 Å². The maximum atomic E-state index is 12.4. The van der Waals surface area contributed by atoms with Crippen molar-refractivity contribution in [2.75, 3.05) is 0 Å². The molecule has 0 N–H and O–H groups in total. The Kier molecular flexibility index (Phi) is 3.02. The number of carbonyl (C=O) groups excluding carboxylic acids is 1. The minimum Gasteiger partial charge on any atom is -0.299 e. The second-order valence-electron chi connectivity index (χ2n) is 9.15. The molecule has 0 radical (unpaired) electrons. The van der Waals surface area contributed by atoms with Gasteiger partial charge in [0.15, 0.2) is 0 Å². The molecule has 3 atom stereocenters. The summed E-state index contributed by atoms with van der Waals surface area (Å²) >= 11 is 0. The lowest BCUT2D eigenvalue weighted by Crippen LogP contribution is -2.53. The van der Waals surface area contributed by atoms with Crippen LogP contribution in [0.4, 0.5) is 0 Å². The van der Waals surface area contributed by atoms with Crippen LogP contribution in [0.15, 0.2) is 11.6 Å². The highest BCUT2D eigenvalue weighted by Crippen LogP contribution is 2.62. The smallest absolute Gasteiger partial charge is 0.138 e. The Labute approximate surface area is 124 Å². The SMILES string of the molecule is CC1(C)CC[C@H]2C(=CCC3C(C)(C)C(=O)CC[C@@]32C)C1. The standard InChI is InChI=1S/C19H30O/c1-17(2)10-8-14-13(12-17)6-7-15-18(3,4)16(20)9-11-19(14,15)5/h6,14-15H,7-12H2,1-5H3/t14-,15?,19+/m0/s1. The molecule has 3 rings (SSSR count). The lowest BCUT2D eigenvalue weighted by atomic mass is 9.46. The zero-order valence-corrected chi connectivity index (χ0v) is 13.9. The first kappa shape index (κ1) is 14.4. The summed E-state index contributed by atoms with van der Waals surface area (Å²) in [5, 5.41) is 0. The van der Waals surface area contributed by atoms with Crippen molar-refractivity contribution in [2.24, 2.45) is 28.1 Å². The molecule has 0 aromatic heterocycles. The van der Waals surface area contributed by atoms with Crippen LogP contribution in [-0.2, 0) is 4.79 Å². The van der Waals surface area contributed by atoms with Crippen LogP contribution in [-0.4, -0.2) is 5.78 Å². The number of allylic oxidation sites excluding steroid dienone is 2. The Morgan fingerprint density at radius 3 is 2.50 bits per heavy atom. The largest absolute Gasteiger partial charge is 0.299 e. The summed E-state index contributed by atoms with van der Waals surface area (Å²) in [6.07, 6.45) is 9.49. The van der Waals surface area contributed by atoms with E-state index in [1.807, 2.05) is 0 Å². The topological polar surface area (TPSA) is 17.1 Å². The van der Waals surface area contributed by atoms with Crippen LogP contribution in [0.5, 0.6) is 0 Å². The third-order valence-electron chi connectivity index (χ3n) is 6.93. The molecule has 2 saturated carbocycles. The van der Waals surface area contributed by atoms with E-state index >= 15 is 0 Å². The zero-order valence-electron chi connectivity index (χ0n) is 13.9. The Morgan fingerprint density at radius 2 is 1.80 bits per heavy atom. The average Bonchev–Trinajstić information content (AvgIpc) is 2.33. The van der Waals surface area contributed by atoms with E-state index in [0.29, 0.717) is 22.5 Å². The summed E-state index contributed by atoms with van der Waals surface area (Å²) in [5.74, 6) is 1.78. The summed E-state index contributed by atoms with van der Waals surface area (Å²) in [4.78, 5) is 12.4. The van der Waals surface area contributed by atoms with Crippen LogP contribution in [0.1, 0.15) is 73.1 Å². The van der Waals surface area contributed by atoms with Crippen LogP contribution in [0.25, 0.3) is 0 Å². The monoisotopic (exact) mass is 274 g/mol. The van der Waals surface area contributed by atoms with Gasteiger partial charge in [-0.3, -0.25) is 4.79 Å².